The largest absolute Gasteiger partial charge is 0.341 e. The predicted octanol–water partition coefficient (Wildman–Crippen LogP) is 2.13. The van der Waals surface area contributed by atoms with Gasteiger partial charge in [-0.05, 0) is 34.5 Å². The molecule has 0 atom stereocenters. The predicted molar refractivity (Wildman–Crippen MR) is 79.2 cm³/mol. The van der Waals surface area contributed by atoms with E-state index in [1.165, 1.54) is 0 Å². The lowest BCUT2D eigenvalue weighted by Crippen LogP contribution is -2.37. The Hall–Kier alpha value is -0.880. The minimum atomic E-state index is 0.0940. The minimum absolute atomic E-state index is 0.0940. The molecule has 1 aromatic heterocycles. The van der Waals surface area contributed by atoms with Crippen LogP contribution in [0, 0.1) is 0 Å². The van der Waals surface area contributed by atoms with Crippen LogP contribution < -0.4 is 0 Å². The van der Waals surface area contributed by atoms with E-state index in [-0.39, 0.29) is 11.8 Å². The molecule has 0 N–H and O–H groups in total. The summed E-state index contributed by atoms with van der Waals surface area (Å²) >= 11 is 5.00. The van der Waals surface area contributed by atoms with Gasteiger partial charge >= 0.3 is 0 Å². The Bertz CT molecular complexity index is 475. The van der Waals surface area contributed by atoms with Crippen LogP contribution in [0.25, 0.3) is 0 Å². The SMILES string of the molecule is CC(=O)N1CCCN(C(=O)Cc2ccc(Br)s2)CC1. The topological polar surface area (TPSA) is 40.6 Å². The van der Waals surface area contributed by atoms with Crippen LogP contribution >= 0.6 is 27.3 Å². The quantitative estimate of drug-likeness (QED) is 0.824. The van der Waals surface area contributed by atoms with E-state index in [0.717, 1.165) is 28.2 Å². The first-order valence-corrected chi connectivity index (χ1v) is 7.94. The van der Waals surface area contributed by atoms with Crippen molar-refractivity contribution in [3.05, 3.63) is 20.8 Å². The Morgan fingerprint density at radius 2 is 1.89 bits per heavy atom. The Balaban J connectivity index is 1.91. The maximum absolute atomic E-state index is 12.2. The van der Waals surface area contributed by atoms with Crippen LogP contribution in [0.1, 0.15) is 18.2 Å². The number of rotatable bonds is 2. The van der Waals surface area contributed by atoms with Gasteiger partial charge < -0.3 is 9.80 Å². The Kier molecular flexibility index (Phi) is 4.99. The highest BCUT2D eigenvalue weighted by Crippen LogP contribution is 2.23. The first-order chi connectivity index (χ1) is 9.06. The second-order valence-corrected chi connectivity index (χ2v) is 7.17. The molecule has 0 aromatic carbocycles. The summed E-state index contributed by atoms with van der Waals surface area (Å²) in [6.45, 7) is 4.37. The van der Waals surface area contributed by atoms with Crippen LogP contribution in [0.15, 0.2) is 15.9 Å². The molecule has 1 aliphatic rings. The van der Waals surface area contributed by atoms with Crippen molar-refractivity contribution >= 4 is 39.1 Å². The molecule has 19 heavy (non-hydrogen) atoms. The second-order valence-electron chi connectivity index (χ2n) is 4.62. The van der Waals surface area contributed by atoms with Crippen molar-refractivity contribution in [2.75, 3.05) is 26.2 Å². The van der Waals surface area contributed by atoms with Crippen LogP contribution in [0.4, 0.5) is 0 Å². The molecule has 0 saturated carbocycles. The first-order valence-electron chi connectivity index (χ1n) is 6.34. The van der Waals surface area contributed by atoms with Gasteiger partial charge in [0.05, 0.1) is 10.2 Å². The molecule has 4 nitrogen and oxygen atoms in total. The Morgan fingerprint density at radius 1 is 1.21 bits per heavy atom. The molecule has 1 aromatic rings. The molecule has 2 heterocycles. The number of hydrogen-bond acceptors (Lipinski definition) is 3. The lowest BCUT2D eigenvalue weighted by Gasteiger charge is -2.21. The van der Waals surface area contributed by atoms with E-state index in [2.05, 4.69) is 15.9 Å². The lowest BCUT2D eigenvalue weighted by molar-refractivity contribution is -0.132. The van der Waals surface area contributed by atoms with Gasteiger partial charge in [0, 0.05) is 38.0 Å². The molecule has 0 unspecified atom stereocenters. The van der Waals surface area contributed by atoms with Gasteiger partial charge in [-0.1, -0.05) is 0 Å². The van der Waals surface area contributed by atoms with Crippen LogP contribution in [0.3, 0.4) is 0 Å². The summed E-state index contributed by atoms with van der Waals surface area (Å²) in [5, 5.41) is 0. The van der Waals surface area contributed by atoms with Crippen molar-refractivity contribution in [1.29, 1.82) is 0 Å². The van der Waals surface area contributed by atoms with Crippen molar-refractivity contribution in [1.82, 2.24) is 9.80 Å². The summed E-state index contributed by atoms with van der Waals surface area (Å²) in [4.78, 5) is 28.3. The minimum Gasteiger partial charge on any atom is -0.341 e. The number of amides is 2. The van der Waals surface area contributed by atoms with Crippen LogP contribution in [-0.4, -0.2) is 47.8 Å². The maximum Gasteiger partial charge on any atom is 0.227 e. The maximum atomic E-state index is 12.2. The fourth-order valence-electron chi connectivity index (χ4n) is 2.19. The standard InChI is InChI=1S/C13H17BrN2O2S/c1-10(17)15-5-2-6-16(8-7-15)13(18)9-11-3-4-12(14)19-11/h3-4H,2,5-9H2,1H3. The van der Waals surface area contributed by atoms with Crippen molar-refractivity contribution in [2.24, 2.45) is 0 Å². The molecule has 2 rings (SSSR count). The van der Waals surface area contributed by atoms with E-state index in [1.54, 1.807) is 18.3 Å². The summed E-state index contributed by atoms with van der Waals surface area (Å²) in [7, 11) is 0. The van der Waals surface area contributed by atoms with Gasteiger partial charge in [-0.3, -0.25) is 9.59 Å². The van der Waals surface area contributed by atoms with Gasteiger partial charge in [-0.25, -0.2) is 0 Å². The van der Waals surface area contributed by atoms with E-state index in [9.17, 15) is 9.59 Å². The molecule has 0 aliphatic carbocycles. The van der Waals surface area contributed by atoms with Crippen molar-refractivity contribution in [3.8, 4) is 0 Å². The normalized spacial score (nSPS) is 16.3. The highest BCUT2D eigenvalue weighted by atomic mass is 79.9. The summed E-state index contributed by atoms with van der Waals surface area (Å²) in [5.41, 5.74) is 0. The van der Waals surface area contributed by atoms with Gasteiger partial charge in [0.15, 0.2) is 0 Å². The van der Waals surface area contributed by atoms with Crippen LogP contribution in [0.2, 0.25) is 0 Å². The third kappa shape index (κ3) is 4.04. The number of nitrogens with zero attached hydrogens (tertiary/aromatic N) is 2. The Labute approximate surface area is 125 Å². The summed E-state index contributed by atoms with van der Waals surface area (Å²) in [5.74, 6) is 0.247. The number of halogens is 1. The van der Waals surface area contributed by atoms with Gasteiger partial charge in [0.25, 0.3) is 0 Å². The van der Waals surface area contributed by atoms with Gasteiger partial charge in [-0.2, -0.15) is 0 Å². The smallest absolute Gasteiger partial charge is 0.227 e. The lowest BCUT2D eigenvalue weighted by atomic mass is 10.3. The first kappa shape index (κ1) is 14.5. The van der Waals surface area contributed by atoms with Gasteiger partial charge in [0.1, 0.15) is 0 Å². The summed E-state index contributed by atoms with van der Waals surface area (Å²) in [6.07, 6.45) is 1.32. The van der Waals surface area contributed by atoms with Crippen molar-refractivity contribution < 1.29 is 9.59 Å². The molecule has 0 spiro atoms. The molecule has 1 aliphatic heterocycles. The second kappa shape index (κ2) is 6.52. The monoisotopic (exact) mass is 344 g/mol. The third-order valence-corrected chi connectivity index (χ3v) is 4.87. The summed E-state index contributed by atoms with van der Waals surface area (Å²) < 4.78 is 1.05. The molecule has 104 valence electrons. The zero-order chi connectivity index (χ0) is 13.8. The molecule has 6 heteroatoms. The van der Waals surface area contributed by atoms with E-state index in [1.807, 2.05) is 21.9 Å². The Morgan fingerprint density at radius 3 is 2.53 bits per heavy atom. The van der Waals surface area contributed by atoms with E-state index in [0.29, 0.717) is 19.5 Å². The van der Waals surface area contributed by atoms with Crippen LogP contribution in [0.5, 0.6) is 0 Å². The summed E-state index contributed by atoms with van der Waals surface area (Å²) in [6, 6.07) is 3.94. The van der Waals surface area contributed by atoms with E-state index in [4.69, 9.17) is 0 Å². The molecule has 0 radical (unpaired) electrons. The van der Waals surface area contributed by atoms with Crippen molar-refractivity contribution in [2.45, 2.75) is 19.8 Å². The van der Waals surface area contributed by atoms with E-state index < -0.39 is 0 Å². The zero-order valence-corrected chi connectivity index (χ0v) is 13.3. The zero-order valence-electron chi connectivity index (χ0n) is 10.9. The van der Waals surface area contributed by atoms with Crippen LogP contribution in [-0.2, 0) is 16.0 Å². The fourth-order valence-corrected chi connectivity index (χ4v) is 3.66. The molecular formula is C13H17BrN2O2S. The molecular weight excluding hydrogens is 328 g/mol. The van der Waals surface area contributed by atoms with E-state index >= 15 is 0 Å². The molecule has 2 amide bonds. The average Bonchev–Trinajstić information content (AvgIpc) is 2.65. The highest BCUT2D eigenvalue weighted by molar-refractivity contribution is 9.11. The number of carbonyl (C=O) groups excluding carboxylic acids is 2. The van der Waals surface area contributed by atoms with Gasteiger partial charge in [-0.15, -0.1) is 11.3 Å². The number of hydrogen-bond donors (Lipinski definition) is 0. The number of thiophene rings is 1. The highest BCUT2D eigenvalue weighted by Gasteiger charge is 2.20. The molecule has 0 bridgehead atoms. The van der Waals surface area contributed by atoms with Gasteiger partial charge in [0.2, 0.25) is 11.8 Å². The average molecular weight is 345 g/mol. The molecule has 1 saturated heterocycles. The fraction of sp³-hybridized carbons (Fsp3) is 0.538. The third-order valence-electron chi connectivity index (χ3n) is 3.25. The molecule has 1 fully saturated rings. The van der Waals surface area contributed by atoms with Crippen molar-refractivity contribution in [3.63, 3.8) is 0 Å². The number of carbonyl (C=O) groups is 2.